The summed E-state index contributed by atoms with van der Waals surface area (Å²) in [6.45, 7) is 4.54. The third-order valence-corrected chi connectivity index (χ3v) is 7.04. The summed E-state index contributed by atoms with van der Waals surface area (Å²) in [5.41, 5.74) is 2.52. The molecule has 3 atom stereocenters. The molecule has 7 nitrogen and oxygen atoms in total. The van der Waals surface area contributed by atoms with Crippen LogP contribution in [-0.2, 0) is 19.4 Å². The van der Waals surface area contributed by atoms with E-state index in [9.17, 15) is 0 Å². The number of aromatic amines is 1. The van der Waals surface area contributed by atoms with Crippen LogP contribution in [0.3, 0.4) is 0 Å². The Kier molecular flexibility index (Phi) is 5.91. The molecular weight excluding hydrogens is 386 g/mol. The van der Waals surface area contributed by atoms with Crippen LogP contribution in [0.25, 0.3) is 10.9 Å². The fourth-order valence-electron chi connectivity index (χ4n) is 5.41. The van der Waals surface area contributed by atoms with Crippen LogP contribution in [0.5, 0.6) is 0 Å². The predicted octanol–water partition coefficient (Wildman–Crippen LogP) is 3.29. The van der Waals surface area contributed by atoms with Crippen molar-refractivity contribution in [3.63, 3.8) is 0 Å². The lowest BCUT2D eigenvalue weighted by Crippen LogP contribution is -2.46. The molecule has 31 heavy (non-hydrogen) atoms. The molecule has 0 saturated heterocycles. The number of hydrogen-bond acceptors (Lipinski definition) is 3. The average molecular weight is 420 g/mol. The molecule has 2 aromatic heterocycles. The summed E-state index contributed by atoms with van der Waals surface area (Å²) < 4.78 is 2.12. The highest BCUT2D eigenvalue weighted by Gasteiger charge is 2.39. The number of fused-ring (bicyclic) bond motifs is 3. The van der Waals surface area contributed by atoms with E-state index < -0.39 is 0 Å². The summed E-state index contributed by atoms with van der Waals surface area (Å²) >= 11 is 0. The maximum absolute atomic E-state index is 4.95. The van der Waals surface area contributed by atoms with Gasteiger partial charge in [-0.15, -0.1) is 10.2 Å². The van der Waals surface area contributed by atoms with Crippen LogP contribution < -0.4 is 10.6 Å². The van der Waals surface area contributed by atoms with Gasteiger partial charge in [0.2, 0.25) is 0 Å². The number of guanidine groups is 1. The first kappa shape index (κ1) is 20.1. The van der Waals surface area contributed by atoms with Crippen molar-refractivity contribution in [3.05, 3.63) is 48.2 Å². The first-order valence-corrected chi connectivity index (χ1v) is 11.8. The highest BCUT2D eigenvalue weighted by atomic mass is 15.3. The van der Waals surface area contributed by atoms with Crippen molar-refractivity contribution < 1.29 is 0 Å². The van der Waals surface area contributed by atoms with Crippen LogP contribution >= 0.6 is 0 Å². The number of benzene rings is 1. The van der Waals surface area contributed by atoms with Crippen molar-refractivity contribution in [3.8, 4) is 0 Å². The summed E-state index contributed by atoms with van der Waals surface area (Å²) in [6, 6.07) is 9.05. The van der Waals surface area contributed by atoms with E-state index in [0.717, 1.165) is 56.1 Å². The molecule has 0 aliphatic heterocycles. The summed E-state index contributed by atoms with van der Waals surface area (Å²) in [7, 11) is 0. The summed E-state index contributed by atoms with van der Waals surface area (Å²) in [6.07, 6.45) is 11.2. The molecule has 2 aliphatic rings. The van der Waals surface area contributed by atoms with Gasteiger partial charge in [-0.05, 0) is 49.1 Å². The highest BCUT2D eigenvalue weighted by molar-refractivity contribution is 5.83. The second-order valence-electron chi connectivity index (χ2n) is 8.99. The van der Waals surface area contributed by atoms with E-state index in [4.69, 9.17) is 4.99 Å². The molecule has 0 spiro atoms. The Morgan fingerprint density at radius 2 is 2.19 bits per heavy atom. The number of aromatic nitrogens is 4. The molecular formula is C24H33N7. The van der Waals surface area contributed by atoms with Gasteiger partial charge in [0, 0.05) is 49.2 Å². The van der Waals surface area contributed by atoms with Crippen molar-refractivity contribution in [2.45, 2.75) is 58.0 Å². The van der Waals surface area contributed by atoms with Gasteiger partial charge in [-0.3, -0.25) is 4.99 Å². The van der Waals surface area contributed by atoms with E-state index in [0.29, 0.717) is 6.04 Å². The van der Waals surface area contributed by atoms with Gasteiger partial charge < -0.3 is 20.2 Å². The molecule has 3 N–H and O–H groups in total. The molecule has 2 aliphatic carbocycles. The van der Waals surface area contributed by atoms with Gasteiger partial charge in [-0.2, -0.15) is 0 Å². The van der Waals surface area contributed by atoms with Crippen molar-refractivity contribution in [2.24, 2.45) is 16.8 Å². The summed E-state index contributed by atoms with van der Waals surface area (Å²) in [4.78, 5) is 8.32. The Labute approximate surface area is 183 Å². The van der Waals surface area contributed by atoms with Crippen molar-refractivity contribution in [1.29, 1.82) is 0 Å². The van der Waals surface area contributed by atoms with E-state index in [1.54, 1.807) is 0 Å². The second kappa shape index (κ2) is 9.12. The smallest absolute Gasteiger partial charge is 0.191 e. The number of hydrogen-bond donors (Lipinski definition) is 3. The van der Waals surface area contributed by atoms with Crippen LogP contribution in [0.15, 0.2) is 41.8 Å². The molecule has 0 amide bonds. The van der Waals surface area contributed by atoms with E-state index in [1.807, 2.05) is 6.33 Å². The fraction of sp³-hybridized carbons (Fsp3) is 0.542. The Morgan fingerprint density at radius 3 is 3.03 bits per heavy atom. The Hall–Kier alpha value is -2.83. The number of nitrogens with zero attached hydrogens (tertiary/aromatic N) is 4. The molecule has 2 heterocycles. The normalized spacial score (nSPS) is 23.0. The third kappa shape index (κ3) is 4.45. The first-order chi connectivity index (χ1) is 15.3. The number of aryl methyl sites for hydroxylation is 1. The molecule has 3 aromatic rings. The number of para-hydroxylation sites is 1. The zero-order chi connectivity index (χ0) is 21.0. The Morgan fingerprint density at radius 1 is 1.26 bits per heavy atom. The minimum Gasteiger partial charge on any atom is -0.361 e. The van der Waals surface area contributed by atoms with E-state index >= 15 is 0 Å². The van der Waals surface area contributed by atoms with Crippen LogP contribution in [0.1, 0.15) is 44.0 Å². The summed E-state index contributed by atoms with van der Waals surface area (Å²) in [5, 5.41) is 16.9. The SMILES string of the molecule is CCc1nncn1CCNC(=NCCc1c[nH]c2ccccc12)NC1CC2CCC1C2. The van der Waals surface area contributed by atoms with Gasteiger partial charge in [-0.1, -0.05) is 31.5 Å². The molecule has 7 heteroatoms. The molecule has 2 saturated carbocycles. The molecule has 3 unspecified atom stereocenters. The van der Waals surface area contributed by atoms with Gasteiger partial charge in [0.05, 0.1) is 0 Å². The minimum atomic E-state index is 0.569. The fourth-order valence-corrected chi connectivity index (χ4v) is 5.41. The Balaban J connectivity index is 1.22. The van der Waals surface area contributed by atoms with E-state index in [2.05, 4.69) is 67.8 Å². The zero-order valence-electron chi connectivity index (χ0n) is 18.3. The third-order valence-electron chi connectivity index (χ3n) is 7.04. The average Bonchev–Trinajstić information content (AvgIpc) is 3.58. The lowest BCUT2D eigenvalue weighted by molar-refractivity contribution is 0.387. The molecule has 164 valence electrons. The standard InChI is InChI=1S/C24H33N7/c1-2-23-30-28-16-31(23)12-11-26-24(29-22-14-17-7-8-18(22)13-17)25-10-9-19-15-27-21-6-4-3-5-20(19)21/h3-6,15-18,22,27H,2,7-14H2,1H3,(H2,25,26,29). The number of aliphatic imine (C=N–C) groups is 1. The van der Waals surface area contributed by atoms with Gasteiger partial charge in [0.1, 0.15) is 12.2 Å². The number of nitrogens with one attached hydrogen (secondary N) is 3. The van der Waals surface area contributed by atoms with Crippen LogP contribution in [-0.4, -0.2) is 44.8 Å². The predicted molar refractivity (Wildman–Crippen MR) is 124 cm³/mol. The van der Waals surface area contributed by atoms with Crippen molar-refractivity contribution in [2.75, 3.05) is 13.1 Å². The zero-order valence-corrected chi connectivity index (χ0v) is 18.3. The second-order valence-corrected chi connectivity index (χ2v) is 8.99. The van der Waals surface area contributed by atoms with Crippen LogP contribution in [0.2, 0.25) is 0 Å². The quantitative estimate of drug-likeness (QED) is 0.386. The topological polar surface area (TPSA) is 82.9 Å². The number of H-pyrrole nitrogens is 1. The maximum Gasteiger partial charge on any atom is 0.191 e. The van der Waals surface area contributed by atoms with E-state index in [-0.39, 0.29) is 0 Å². The maximum atomic E-state index is 4.95. The monoisotopic (exact) mass is 419 g/mol. The lowest BCUT2D eigenvalue weighted by atomic mass is 9.95. The van der Waals surface area contributed by atoms with Gasteiger partial charge in [0.25, 0.3) is 0 Å². The molecule has 0 radical (unpaired) electrons. The molecule has 2 bridgehead atoms. The van der Waals surface area contributed by atoms with Gasteiger partial charge in [-0.25, -0.2) is 0 Å². The minimum absolute atomic E-state index is 0.569. The van der Waals surface area contributed by atoms with Crippen molar-refractivity contribution >= 4 is 16.9 Å². The summed E-state index contributed by atoms with van der Waals surface area (Å²) in [5.74, 6) is 3.71. The van der Waals surface area contributed by atoms with Crippen LogP contribution in [0.4, 0.5) is 0 Å². The Bertz CT molecular complexity index is 1030. The van der Waals surface area contributed by atoms with Gasteiger partial charge in [0.15, 0.2) is 5.96 Å². The molecule has 2 fully saturated rings. The highest BCUT2D eigenvalue weighted by Crippen LogP contribution is 2.44. The van der Waals surface area contributed by atoms with Crippen molar-refractivity contribution in [1.82, 2.24) is 30.4 Å². The molecule has 5 rings (SSSR count). The first-order valence-electron chi connectivity index (χ1n) is 11.8. The van der Waals surface area contributed by atoms with Gasteiger partial charge >= 0.3 is 0 Å². The largest absolute Gasteiger partial charge is 0.361 e. The molecule has 1 aromatic carbocycles. The van der Waals surface area contributed by atoms with E-state index in [1.165, 1.54) is 42.1 Å². The lowest BCUT2D eigenvalue weighted by Gasteiger charge is -2.25. The number of rotatable bonds is 8. The van der Waals surface area contributed by atoms with Crippen LogP contribution in [0, 0.1) is 11.8 Å².